The maximum atomic E-state index is 6.51. The van der Waals surface area contributed by atoms with Crippen LogP contribution in [0.5, 0.6) is 5.75 Å². The van der Waals surface area contributed by atoms with Gasteiger partial charge in [0.1, 0.15) is 5.75 Å². The normalized spacial score (nSPS) is 15.3. The van der Waals surface area contributed by atoms with Crippen LogP contribution in [-0.4, -0.2) is 6.61 Å². The number of hydrogen-bond donors (Lipinski definition) is 0. The number of rotatable bonds is 2. The van der Waals surface area contributed by atoms with Crippen molar-refractivity contribution in [1.29, 1.82) is 0 Å². The van der Waals surface area contributed by atoms with Gasteiger partial charge in [-0.05, 0) is 29.8 Å². The van der Waals surface area contributed by atoms with Crippen LogP contribution in [0.4, 0.5) is 0 Å². The molecule has 0 amide bonds. The Hall–Kier alpha value is -0.410. The van der Waals surface area contributed by atoms with E-state index in [1.165, 1.54) is 11.3 Å². The Kier molecular flexibility index (Phi) is 3.46. The fourth-order valence-corrected chi connectivity index (χ4v) is 3.78. The third kappa shape index (κ3) is 2.23. The zero-order valence-electron chi connectivity index (χ0n) is 9.25. The molecule has 0 N–H and O–H groups in total. The number of alkyl halides is 1. The van der Waals surface area contributed by atoms with Crippen LogP contribution >= 0.6 is 46.1 Å². The summed E-state index contributed by atoms with van der Waals surface area (Å²) < 4.78 is 6.39. The van der Waals surface area contributed by atoms with Crippen molar-refractivity contribution < 1.29 is 4.74 Å². The van der Waals surface area contributed by atoms with Crippen LogP contribution in [0.1, 0.15) is 21.4 Å². The molecule has 0 bridgehead atoms. The molecule has 1 aromatic heterocycles. The Balaban J connectivity index is 2.06. The molecule has 5 heteroatoms. The van der Waals surface area contributed by atoms with Gasteiger partial charge in [-0.2, -0.15) is 0 Å². The number of ether oxygens (including phenoxy) is 1. The highest BCUT2D eigenvalue weighted by molar-refractivity contribution is 7.16. The maximum absolute atomic E-state index is 6.51. The molecule has 1 unspecified atom stereocenters. The highest BCUT2D eigenvalue weighted by Crippen LogP contribution is 2.43. The van der Waals surface area contributed by atoms with Gasteiger partial charge in [-0.3, -0.25) is 0 Å². The molecule has 3 rings (SSSR count). The molecule has 1 aliphatic heterocycles. The molecule has 1 atom stereocenters. The second-order valence-electron chi connectivity index (χ2n) is 4.09. The van der Waals surface area contributed by atoms with Crippen molar-refractivity contribution in [1.82, 2.24) is 0 Å². The molecule has 1 nitrogen and oxygen atoms in total. The molecule has 0 radical (unpaired) electrons. The fraction of sp³-hybridized carbons (Fsp3) is 0.231. The highest BCUT2D eigenvalue weighted by Gasteiger charge is 2.24. The van der Waals surface area contributed by atoms with Gasteiger partial charge in [0.05, 0.1) is 16.3 Å². The summed E-state index contributed by atoms with van der Waals surface area (Å²) in [4.78, 5) is 1.00. The summed E-state index contributed by atoms with van der Waals surface area (Å²) in [5.74, 6) is 0.879. The van der Waals surface area contributed by atoms with E-state index in [0.29, 0.717) is 11.6 Å². The minimum absolute atomic E-state index is 0.270. The number of thiophene rings is 1. The molecule has 0 fully saturated rings. The first-order chi connectivity index (χ1) is 8.65. The molecule has 0 saturated carbocycles. The van der Waals surface area contributed by atoms with Gasteiger partial charge in [0.2, 0.25) is 0 Å². The average molecular weight is 320 g/mol. The summed E-state index contributed by atoms with van der Waals surface area (Å²) in [6.45, 7) is 0.692. The molecular formula is C13H9Cl3OS. The maximum Gasteiger partial charge on any atom is 0.127 e. The lowest BCUT2D eigenvalue weighted by Crippen LogP contribution is -1.95. The molecule has 94 valence electrons. The van der Waals surface area contributed by atoms with Crippen molar-refractivity contribution in [2.75, 3.05) is 6.61 Å². The smallest absolute Gasteiger partial charge is 0.127 e. The first-order valence-corrected chi connectivity index (χ1v) is 7.50. The Morgan fingerprint density at radius 1 is 1.22 bits per heavy atom. The van der Waals surface area contributed by atoms with Crippen LogP contribution in [0.3, 0.4) is 0 Å². The second kappa shape index (κ2) is 4.93. The Labute approximate surface area is 124 Å². The standard InChI is InChI=1S/C13H9Cl3OS/c14-8-5-7-3-4-17-13(7)9(6-8)12(16)10-1-2-11(15)18-10/h1-2,5-6,12H,3-4H2. The van der Waals surface area contributed by atoms with Gasteiger partial charge in [0.15, 0.2) is 0 Å². The SMILES string of the molecule is Clc1cc2c(c(C(Cl)c3ccc(Cl)s3)c1)OCC2. The number of halogens is 3. The summed E-state index contributed by atoms with van der Waals surface area (Å²) in [6.07, 6.45) is 0.887. The van der Waals surface area contributed by atoms with Gasteiger partial charge in [0, 0.05) is 21.9 Å². The van der Waals surface area contributed by atoms with E-state index < -0.39 is 0 Å². The van der Waals surface area contributed by atoms with Crippen molar-refractivity contribution in [3.8, 4) is 5.75 Å². The zero-order chi connectivity index (χ0) is 12.7. The molecule has 0 aliphatic carbocycles. The minimum atomic E-state index is -0.270. The molecule has 2 heterocycles. The number of hydrogen-bond acceptors (Lipinski definition) is 2. The minimum Gasteiger partial charge on any atom is -0.493 e. The summed E-state index contributed by atoms with van der Waals surface area (Å²) >= 11 is 20.1. The molecule has 0 spiro atoms. The van der Waals surface area contributed by atoms with E-state index >= 15 is 0 Å². The molecule has 1 aromatic carbocycles. The third-order valence-corrected chi connectivity index (χ3v) is 5.01. The largest absolute Gasteiger partial charge is 0.493 e. The average Bonchev–Trinajstić information content (AvgIpc) is 2.95. The van der Waals surface area contributed by atoms with Crippen LogP contribution in [-0.2, 0) is 6.42 Å². The Bertz CT molecular complexity index is 594. The van der Waals surface area contributed by atoms with Crippen molar-refractivity contribution in [2.24, 2.45) is 0 Å². The lowest BCUT2D eigenvalue weighted by atomic mass is 10.0. The van der Waals surface area contributed by atoms with Gasteiger partial charge in [-0.15, -0.1) is 22.9 Å². The van der Waals surface area contributed by atoms with Crippen molar-refractivity contribution in [3.05, 3.63) is 49.6 Å². The van der Waals surface area contributed by atoms with Crippen molar-refractivity contribution >= 4 is 46.1 Å². The molecular weight excluding hydrogens is 311 g/mol. The lowest BCUT2D eigenvalue weighted by molar-refractivity contribution is 0.354. The van der Waals surface area contributed by atoms with E-state index in [9.17, 15) is 0 Å². The Morgan fingerprint density at radius 2 is 2.06 bits per heavy atom. The van der Waals surface area contributed by atoms with Crippen LogP contribution in [0.15, 0.2) is 24.3 Å². The summed E-state index contributed by atoms with van der Waals surface area (Å²) in [5, 5.41) is 0.426. The molecule has 0 saturated heterocycles. The van der Waals surface area contributed by atoms with Crippen LogP contribution in [0.25, 0.3) is 0 Å². The van der Waals surface area contributed by atoms with Crippen LogP contribution in [0, 0.1) is 0 Å². The summed E-state index contributed by atoms with van der Waals surface area (Å²) in [6, 6.07) is 7.60. The van der Waals surface area contributed by atoms with Gasteiger partial charge in [0.25, 0.3) is 0 Å². The second-order valence-corrected chi connectivity index (χ2v) is 6.71. The van der Waals surface area contributed by atoms with Crippen molar-refractivity contribution in [3.63, 3.8) is 0 Å². The van der Waals surface area contributed by atoms with E-state index in [2.05, 4.69) is 0 Å². The quantitative estimate of drug-likeness (QED) is 0.681. The topological polar surface area (TPSA) is 9.23 Å². The molecule has 2 aromatic rings. The monoisotopic (exact) mass is 318 g/mol. The van der Waals surface area contributed by atoms with Crippen LogP contribution in [0.2, 0.25) is 9.36 Å². The first kappa shape index (κ1) is 12.6. The van der Waals surface area contributed by atoms with E-state index in [4.69, 9.17) is 39.5 Å². The fourth-order valence-electron chi connectivity index (χ4n) is 2.10. The predicted molar refractivity (Wildman–Crippen MR) is 77.7 cm³/mol. The number of benzene rings is 1. The molecule has 1 aliphatic rings. The van der Waals surface area contributed by atoms with Gasteiger partial charge in [-0.1, -0.05) is 23.2 Å². The van der Waals surface area contributed by atoms with E-state index in [-0.39, 0.29) is 5.38 Å². The Morgan fingerprint density at radius 3 is 2.78 bits per heavy atom. The van der Waals surface area contributed by atoms with Crippen molar-refractivity contribution in [2.45, 2.75) is 11.8 Å². The van der Waals surface area contributed by atoms with E-state index in [1.54, 1.807) is 0 Å². The first-order valence-electron chi connectivity index (χ1n) is 5.49. The van der Waals surface area contributed by atoms with E-state index in [0.717, 1.165) is 32.5 Å². The van der Waals surface area contributed by atoms with Gasteiger partial charge in [-0.25, -0.2) is 0 Å². The lowest BCUT2D eigenvalue weighted by Gasteiger charge is -2.13. The zero-order valence-corrected chi connectivity index (χ0v) is 12.3. The molecule has 18 heavy (non-hydrogen) atoms. The van der Waals surface area contributed by atoms with Crippen LogP contribution < -0.4 is 4.74 Å². The highest BCUT2D eigenvalue weighted by atomic mass is 35.5. The van der Waals surface area contributed by atoms with Gasteiger partial charge < -0.3 is 4.74 Å². The third-order valence-electron chi connectivity index (χ3n) is 2.89. The summed E-state index contributed by atoms with van der Waals surface area (Å²) in [7, 11) is 0. The predicted octanol–water partition coefficient (Wildman–Crippen LogP) is 5.32. The summed E-state index contributed by atoms with van der Waals surface area (Å²) in [5.41, 5.74) is 2.06. The van der Waals surface area contributed by atoms with Gasteiger partial charge >= 0.3 is 0 Å². The van der Waals surface area contributed by atoms with E-state index in [1.807, 2.05) is 24.3 Å². The number of fused-ring (bicyclic) bond motifs is 1.